The second kappa shape index (κ2) is 6.75. The highest BCUT2D eigenvalue weighted by Crippen LogP contribution is 2.32. The fourth-order valence-corrected chi connectivity index (χ4v) is 4.16. The summed E-state index contributed by atoms with van der Waals surface area (Å²) >= 11 is 0. The number of hydrogen-bond acceptors (Lipinski definition) is 4. The monoisotopic (exact) mass is 341 g/mol. The van der Waals surface area contributed by atoms with Crippen molar-refractivity contribution in [3.63, 3.8) is 0 Å². The highest BCUT2D eigenvalue weighted by molar-refractivity contribution is 6.05. The van der Waals surface area contributed by atoms with Gasteiger partial charge in [-0.15, -0.1) is 0 Å². The molecule has 3 heterocycles. The lowest BCUT2D eigenvalue weighted by atomic mass is 10.1. The van der Waals surface area contributed by atoms with Crippen molar-refractivity contribution >= 4 is 16.9 Å². The Morgan fingerprint density at radius 3 is 2.72 bits per heavy atom. The van der Waals surface area contributed by atoms with Gasteiger partial charge in [-0.2, -0.15) is 5.10 Å². The van der Waals surface area contributed by atoms with Crippen molar-refractivity contribution in [1.29, 1.82) is 0 Å². The Morgan fingerprint density at radius 1 is 1.12 bits per heavy atom. The summed E-state index contributed by atoms with van der Waals surface area (Å²) in [4.78, 5) is 22.2. The number of fused-ring (bicyclic) bond motifs is 1. The molecule has 2 fully saturated rings. The SMILES string of the molecule is Cc1cc(C(=O)N2CCCN(C)CC2)c2cnn(C3CCCC3)c2n1. The molecule has 0 spiro atoms. The van der Waals surface area contributed by atoms with Gasteiger partial charge in [0.05, 0.1) is 23.2 Å². The van der Waals surface area contributed by atoms with Crippen LogP contribution in [0.4, 0.5) is 0 Å². The minimum atomic E-state index is 0.122. The van der Waals surface area contributed by atoms with Gasteiger partial charge in [0, 0.05) is 25.3 Å². The number of nitrogens with zero attached hydrogens (tertiary/aromatic N) is 5. The van der Waals surface area contributed by atoms with Crippen LogP contribution in [0.5, 0.6) is 0 Å². The largest absolute Gasteiger partial charge is 0.337 e. The number of pyridine rings is 1. The predicted molar refractivity (Wildman–Crippen MR) is 97.8 cm³/mol. The van der Waals surface area contributed by atoms with Crippen LogP contribution in [0.1, 0.15) is 54.2 Å². The van der Waals surface area contributed by atoms with Crippen LogP contribution in [0.25, 0.3) is 11.0 Å². The van der Waals surface area contributed by atoms with Crippen LogP contribution < -0.4 is 0 Å². The molecule has 6 heteroatoms. The lowest BCUT2D eigenvalue weighted by Crippen LogP contribution is -2.34. The van der Waals surface area contributed by atoms with E-state index < -0.39 is 0 Å². The molecular formula is C19H27N5O. The Balaban J connectivity index is 1.70. The number of amides is 1. The Morgan fingerprint density at radius 2 is 1.92 bits per heavy atom. The molecule has 0 N–H and O–H groups in total. The van der Waals surface area contributed by atoms with Gasteiger partial charge in [0.2, 0.25) is 0 Å². The van der Waals surface area contributed by atoms with E-state index in [1.807, 2.05) is 24.1 Å². The van der Waals surface area contributed by atoms with E-state index in [1.165, 1.54) is 12.8 Å². The summed E-state index contributed by atoms with van der Waals surface area (Å²) in [5, 5.41) is 5.52. The lowest BCUT2D eigenvalue weighted by molar-refractivity contribution is 0.0764. The van der Waals surface area contributed by atoms with Gasteiger partial charge in [-0.05, 0) is 45.8 Å². The summed E-state index contributed by atoms with van der Waals surface area (Å²) in [6, 6.07) is 2.36. The van der Waals surface area contributed by atoms with Crippen LogP contribution in [-0.2, 0) is 0 Å². The van der Waals surface area contributed by atoms with E-state index in [0.29, 0.717) is 6.04 Å². The zero-order chi connectivity index (χ0) is 17.4. The minimum absolute atomic E-state index is 0.122. The molecule has 134 valence electrons. The maximum atomic E-state index is 13.2. The molecule has 0 radical (unpaired) electrons. The molecular weight excluding hydrogens is 314 g/mol. The van der Waals surface area contributed by atoms with Crippen molar-refractivity contribution in [2.75, 3.05) is 33.2 Å². The van der Waals surface area contributed by atoms with Crippen molar-refractivity contribution in [3.8, 4) is 0 Å². The van der Waals surface area contributed by atoms with Crippen molar-refractivity contribution in [2.45, 2.75) is 45.1 Å². The molecule has 0 unspecified atom stereocenters. The van der Waals surface area contributed by atoms with Crippen molar-refractivity contribution in [2.24, 2.45) is 0 Å². The topological polar surface area (TPSA) is 54.3 Å². The van der Waals surface area contributed by atoms with Crippen LogP contribution >= 0.6 is 0 Å². The maximum Gasteiger partial charge on any atom is 0.254 e. The first-order chi connectivity index (χ1) is 12.1. The summed E-state index contributed by atoms with van der Waals surface area (Å²) in [6.07, 6.45) is 7.70. The number of aromatic nitrogens is 3. The summed E-state index contributed by atoms with van der Waals surface area (Å²) in [7, 11) is 2.12. The van der Waals surface area contributed by atoms with Gasteiger partial charge < -0.3 is 9.80 Å². The first-order valence-electron chi connectivity index (χ1n) is 9.46. The molecule has 0 atom stereocenters. The van der Waals surface area contributed by atoms with E-state index in [1.54, 1.807) is 0 Å². The van der Waals surface area contributed by atoms with Crippen LogP contribution in [0.3, 0.4) is 0 Å². The fraction of sp³-hybridized carbons (Fsp3) is 0.632. The number of rotatable bonds is 2. The second-order valence-electron chi connectivity index (χ2n) is 7.52. The molecule has 6 nitrogen and oxygen atoms in total. The second-order valence-corrected chi connectivity index (χ2v) is 7.52. The van der Waals surface area contributed by atoms with Crippen molar-refractivity contribution in [3.05, 3.63) is 23.5 Å². The third kappa shape index (κ3) is 3.15. The summed E-state index contributed by atoms with van der Waals surface area (Å²) < 4.78 is 2.06. The van der Waals surface area contributed by atoms with Gasteiger partial charge in [0.25, 0.3) is 5.91 Å². The van der Waals surface area contributed by atoms with Gasteiger partial charge in [0.1, 0.15) is 0 Å². The third-order valence-electron chi connectivity index (χ3n) is 5.60. The van der Waals surface area contributed by atoms with Gasteiger partial charge in [-0.25, -0.2) is 9.67 Å². The summed E-state index contributed by atoms with van der Waals surface area (Å²) in [6.45, 7) is 5.56. The average molecular weight is 341 g/mol. The third-order valence-corrected chi connectivity index (χ3v) is 5.60. The molecule has 2 aromatic rings. The van der Waals surface area contributed by atoms with Gasteiger partial charge in [-0.1, -0.05) is 12.8 Å². The Labute approximate surface area is 148 Å². The van der Waals surface area contributed by atoms with Crippen LogP contribution in [0.2, 0.25) is 0 Å². The summed E-state index contributed by atoms with van der Waals surface area (Å²) in [5.41, 5.74) is 2.53. The van der Waals surface area contributed by atoms with Crippen molar-refractivity contribution in [1.82, 2.24) is 24.6 Å². The zero-order valence-electron chi connectivity index (χ0n) is 15.2. The first kappa shape index (κ1) is 16.5. The first-order valence-corrected chi connectivity index (χ1v) is 9.46. The predicted octanol–water partition coefficient (Wildman–Crippen LogP) is 2.63. The molecule has 1 aliphatic carbocycles. The molecule has 2 aliphatic rings. The molecule has 1 saturated heterocycles. The molecule has 4 rings (SSSR count). The lowest BCUT2D eigenvalue weighted by Gasteiger charge is -2.21. The number of aryl methyl sites for hydroxylation is 1. The highest BCUT2D eigenvalue weighted by Gasteiger charge is 2.25. The molecule has 1 saturated carbocycles. The number of hydrogen-bond donors (Lipinski definition) is 0. The number of carbonyl (C=O) groups excluding carboxylic acids is 1. The average Bonchev–Trinajstić information content (AvgIpc) is 3.20. The fourth-order valence-electron chi connectivity index (χ4n) is 4.16. The van der Waals surface area contributed by atoms with E-state index in [4.69, 9.17) is 4.98 Å². The minimum Gasteiger partial charge on any atom is -0.337 e. The van der Waals surface area contributed by atoms with Crippen LogP contribution in [-0.4, -0.2) is 63.7 Å². The van der Waals surface area contributed by atoms with Crippen LogP contribution in [0, 0.1) is 6.92 Å². The van der Waals surface area contributed by atoms with Crippen LogP contribution in [0.15, 0.2) is 12.3 Å². The molecule has 25 heavy (non-hydrogen) atoms. The standard InChI is InChI=1S/C19H27N5O/c1-14-12-16(19(25)23-9-5-8-22(2)10-11-23)17-13-20-24(18(17)21-14)15-6-3-4-7-15/h12-13,15H,3-11H2,1-2H3. The zero-order valence-corrected chi connectivity index (χ0v) is 15.2. The highest BCUT2D eigenvalue weighted by atomic mass is 16.2. The van der Waals surface area contributed by atoms with E-state index in [0.717, 1.165) is 67.7 Å². The molecule has 2 aromatic heterocycles. The Bertz CT molecular complexity index is 777. The molecule has 1 aliphatic heterocycles. The van der Waals surface area contributed by atoms with Gasteiger partial charge >= 0.3 is 0 Å². The van der Waals surface area contributed by atoms with E-state index >= 15 is 0 Å². The Hall–Kier alpha value is -1.95. The van der Waals surface area contributed by atoms with E-state index in [2.05, 4.69) is 21.7 Å². The molecule has 1 amide bonds. The van der Waals surface area contributed by atoms with Gasteiger partial charge in [0.15, 0.2) is 5.65 Å². The van der Waals surface area contributed by atoms with Crippen molar-refractivity contribution < 1.29 is 4.79 Å². The Kier molecular flexibility index (Phi) is 4.46. The van der Waals surface area contributed by atoms with E-state index in [9.17, 15) is 4.79 Å². The van der Waals surface area contributed by atoms with E-state index in [-0.39, 0.29) is 5.91 Å². The molecule has 0 aromatic carbocycles. The molecule has 0 bridgehead atoms. The summed E-state index contributed by atoms with van der Waals surface area (Å²) in [5.74, 6) is 0.122. The number of likely N-dealkylation sites (N-methyl/N-ethyl adjacent to an activating group) is 1. The normalized spacial score (nSPS) is 20.3. The smallest absolute Gasteiger partial charge is 0.254 e. The number of carbonyl (C=O) groups is 1. The quantitative estimate of drug-likeness (QED) is 0.843. The van der Waals surface area contributed by atoms with Gasteiger partial charge in [-0.3, -0.25) is 4.79 Å². The maximum absolute atomic E-state index is 13.2.